The number of benzene rings is 2. The van der Waals surface area contributed by atoms with Crippen LogP contribution in [0.2, 0.25) is 0 Å². The molecule has 1 amide bonds. The van der Waals surface area contributed by atoms with Crippen molar-refractivity contribution < 1.29 is 19.7 Å². The van der Waals surface area contributed by atoms with Crippen molar-refractivity contribution in [2.75, 3.05) is 25.5 Å². The van der Waals surface area contributed by atoms with Crippen LogP contribution >= 0.6 is 11.3 Å². The summed E-state index contributed by atoms with van der Waals surface area (Å²) in [6, 6.07) is 18.5. The van der Waals surface area contributed by atoms with Crippen molar-refractivity contribution in [3.8, 4) is 16.5 Å². The SMILES string of the molecule is CN(C)c1ccc2cc(-c3ccc(/C=C(\C#N)C(=O)NCC4CC(O)CC(O)O4)s3)ccc2c1. The van der Waals surface area contributed by atoms with E-state index in [-0.39, 0.29) is 18.5 Å². The fourth-order valence-corrected chi connectivity index (χ4v) is 4.89. The molecule has 1 aliphatic rings. The zero-order chi connectivity index (χ0) is 24.2. The van der Waals surface area contributed by atoms with Gasteiger partial charge in [-0.15, -0.1) is 11.3 Å². The van der Waals surface area contributed by atoms with Gasteiger partial charge in [0.15, 0.2) is 6.29 Å². The van der Waals surface area contributed by atoms with E-state index in [1.165, 1.54) is 11.3 Å². The van der Waals surface area contributed by atoms with Gasteiger partial charge in [-0.25, -0.2) is 0 Å². The molecule has 1 aromatic heterocycles. The molecule has 3 aromatic rings. The van der Waals surface area contributed by atoms with Gasteiger partial charge in [0.2, 0.25) is 0 Å². The van der Waals surface area contributed by atoms with Gasteiger partial charge in [-0.05, 0) is 52.7 Å². The molecule has 176 valence electrons. The number of aliphatic hydroxyl groups excluding tert-OH is 2. The number of carbonyl (C=O) groups excluding carboxylic acids is 1. The van der Waals surface area contributed by atoms with Crippen LogP contribution in [0.4, 0.5) is 5.69 Å². The lowest BCUT2D eigenvalue weighted by molar-refractivity contribution is -0.187. The van der Waals surface area contributed by atoms with Gasteiger partial charge in [0, 0.05) is 48.9 Å². The van der Waals surface area contributed by atoms with E-state index < -0.39 is 24.4 Å². The maximum absolute atomic E-state index is 12.5. The van der Waals surface area contributed by atoms with E-state index in [2.05, 4.69) is 46.6 Å². The molecule has 0 spiro atoms. The number of anilines is 1. The molecule has 4 rings (SSSR count). The van der Waals surface area contributed by atoms with Crippen LogP contribution in [-0.2, 0) is 9.53 Å². The number of amides is 1. The van der Waals surface area contributed by atoms with Gasteiger partial charge in [0.1, 0.15) is 11.6 Å². The fraction of sp³-hybridized carbons (Fsp3) is 0.308. The lowest BCUT2D eigenvalue weighted by Gasteiger charge is -2.30. The normalized spacial score (nSPS) is 20.7. The van der Waals surface area contributed by atoms with Crippen molar-refractivity contribution in [3.63, 3.8) is 0 Å². The molecule has 8 heteroatoms. The number of aliphatic hydroxyl groups is 2. The molecule has 34 heavy (non-hydrogen) atoms. The molecule has 1 saturated heterocycles. The van der Waals surface area contributed by atoms with E-state index >= 15 is 0 Å². The van der Waals surface area contributed by atoms with E-state index in [1.54, 1.807) is 6.08 Å². The zero-order valence-electron chi connectivity index (χ0n) is 19.1. The minimum absolute atomic E-state index is 0.0139. The number of hydrogen-bond donors (Lipinski definition) is 3. The highest BCUT2D eigenvalue weighted by Crippen LogP contribution is 2.32. The lowest BCUT2D eigenvalue weighted by Crippen LogP contribution is -2.42. The highest BCUT2D eigenvalue weighted by Gasteiger charge is 2.27. The summed E-state index contributed by atoms with van der Waals surface area (Å²) in [5.74, 6) is -0.516. The monoisotopic (exact) mass is 477 g/mol. The number of ether oxygens (including phenoxy) is 1. The minimum atomic E-state index is -1.05. The van der Waals surface area contributed by atoms with Crippen molar-refractivity contribution >= 4 is 39.8 Å². The number of thiophene rings is 1. The highest BCUT2D eigenvalue weighted by molar-refractivity contribution is 7.16. The summed E-state index contributed by atoms with van der Waals surface area (Å²) >= 11 is 1.50. The number of nitrogens with zero attached hydrogens (tertiary/aromatic N) is 2. The van der Waals surface area contributed by atoms with E-state index in [0.29, 0.717) is 6.42 Å². The van der Waals surface area contributed by atoms with Gasteiger partial charge in [-0.1, -0.05) is 18.2 Å². The smallest absolute Gasteiger partial charge is 0.262 e. The second kappa shape index (κ2) is 10.4. The number of nitrogens with one attached hydrogen (secondary N) is 1. The number of fused-ring (bicyclic) bond motifs is 1. The Bertz CT molecular complexity index is 1250. The lowest BCUT2D eigenvalue weighted by atomic mass is 10.1. The molecule has 3 N–H and O–H groups in total. The topological polar surface area (TPSA) is 106 Å². The first-order chi connectivity index (χ1) is 16.3. The van der Waals surface area contributed by atoms with Crippen molar-refractivity contribution in [1.29, 1.82) is 5.26 Å². The number of hydrogen-bond acceptors (Lipinski definition) is 7. The average Bonchev–Trinajstić information content (AvgIpc) is 3.28. The van der Waals surface area contributed by atoms with E-state index in [0.717, 1.165) is 31.8 Å². The van der Waals surface area contributed by atoms with Crippen molar-refractivity contribution in [1.82, 2.24) is 5.32 Å². The summed E-state index contributed by atoms with van der Waals surface area (Å²) in [5, 5.41) is 33.8. The second-order valence-electron chi connectivity index (χ2n) is 8.56. The standard InChI is InChI=1S/C26H27N3O4S/c1-29(2)20-6-5-16-9-18(4-3-17(16)10-20)24-8-7-23(34-24)11-19(14-27)26(32)28-15-22-12-21(30)13-25(31)33-22/h3-11,21-22,25,30-31H,12-13,15H2,1-2H3,(H,28,32)/b19-11+. The van der Waals surface area contributed by atoms with E-state index in [4.69, 9.17) is 4.74 Å². The molecule has 2 heterocycles. The predicted octanol–water partition coefficient (Wildman–Crippen LogP) is 3.52. The Hall–Kier alpha value is -3.22. The van der Waals surface area contributed by atoms with Gasteiger partial charge >= 0.3 is 0 Å². The maximum Gasteiger partial charge on any atom is 0.262 e. The van der Waals surface area contributed by atoms with Crippen molar-refractivity contribution in [2.24, 2.45) is 0 Å². The summed E-state index contributed by atoms with van der Waals surface area (Å²) in [5.41, 5.74) is 2.21. The molecule has 7 nitrogen and oxygen atoms in total. The molecular formula is C26H27N3O4S. The zero-order valence-corrected chi connectivity index (χ0v) is 19.9. The Kier molecular flexibility index (Phi) is 7.29. The van der Waals surface area contributed by atoms with Crippen LogP contribution in [0.1, 0.15) is 17.7 Å². The van der Waals surface area contributed by atoms with Crippen LogP contribution in [0.5, 0.6) is 0 Å². The first-order valence-corrected chi connectivity index (χ1v) is 11.9. The Labute approximate surface area is 202 Å². The van der Waals surface area contributed by atoms with Crippen LogP contribution in [-0.4, -0.2) is 55.3 Å². The molecule has 0 saturated carbocycles. The number of rotatable bonds is 6. The summed E-state index contributed by atoms with van der Waals surface area (Å²) in [4.78, 5) is 16.4. The molecule has 1 aliphatic heterocycles. The Balaban J connectivity index is 1.46. The quantitative estimate of drug-likeness (QED) is 0.371. The Morgan fingerprint density at radius 1 is 1.18 bits per heavy atom. The van der Waals surface area contributed by atoms with Gasteiger partial charge in [-0.3, -0.25) is 4.79 Å². The van der Waals surface area contributed by atoms with Gasteiger partial charge < -0.3 is 25.2 Å². The third kappa shape index (κ3) is 5.64. The summed E-state index contributed by atoms with van der Waals surface area (Å²) < 4.78 is 5.32. The highest BCUT2D eigenvalue weighted by atomic mass is 32.1. The number of carbonyl (C=O) groups is 1. The van der Waals surface area contributed by atoms with Crippen molar-refractivity contribution in [3.05, 3.63) is 59.0 Å². The average molecular weight is 478 g/mol. The fourth-order valence-electron chi connectivity index (χ4n) is 3.94. The maximum atomic E-state index is 12.5. The Morgan fingerprint density at radius 2 is 1.94 bits per heavy atom. The summed E-state index contributed by atoms with van der Waals surface area (Å²) in [6.45, 7) is 0.105. The molecular weight excluding hydrogens is 450 g/mol. The third-order valence-electron chi connectivity index (χ3n) is 5.75. The van der Waals surface area contributed by atoms with Gasteiger partial charge in [-0.2, -0.15) is 5.26 Å². The minimum Gasteiger partial charge on any atom is -0.393 e. The molecule has 1 fully saturated rings. The first-order valence-electron chi connectivity index (χ1n) is 11.1. The predicted molar refractivity (Wildman–Crippen MR) is 134 cm³/mol. The third-order valence-corrected chi connectivity index (χ3v) is 6.83. The molecule has 2 aromatic carbocycles. The van der Waals surface area contributed by atoms with E-state index in [1.807, 2.05) is 32.3 Å². The molecule has 0 bridgehead atoms. The van der Waals surface area contributed by atoms with Crippen LogP contribution in [0.3, 0.4) is 0 Å². The van der Waals surface area contributed by atoms with Gasteiger partial charge in [0.05, 0.1) is 12.2 Å². The van der Waals surface area contributed by atoms with E-state index in [9.17, 15) is 20.3 Å². The Morgan fingerprint density at radius 3 is 2.68 bits per heavy atom. The molecule has 0 aliphatic carbocycles. The van der Waals surface area contributed by atoms with Crippen LogP contribution in [0.15, 0.2) is 54.1 Å². The first kappa shape index (κ1) is 23.9. The number of nitriles is 1. The van der Waals surface area contributed by atoms with Gasteiger partial charge in [0.25, 0.3) is 5.91 Å². The van der Waals surface area contributed by atoms with Crippen LogP contribution in [0.25, 0.3) is 27.3 Å². The molecule has 0 radical (unpaired) electrons. The summed E-state index contributed by atoms with van der Waals surface area (Å²) in [7, 11) is 4.04. The van der Waals surface area contributed by atoms with Crippen molar-refractivity contribution in [2.45, 2.75) is 31.3 Å². The second-order valence-corrected chi connectivity index (χ2v) is 9.68. The molecule has 3 atom stereocenters. The van der Waals surface area contributed by atoms with Crippen LogP contribution < -0.4 is 10.2 Å². The van der Waals surface area contributed by atoms with Crippen LogP contribution in [0, 0.1) is 11.3 Å². The largest absolute Gasteiger partial charge is 0.393 e. The summed E-state index contributed by atoms with van der Waals surface area (Å²) in [6.07, 6.45) is -0.183. The molecule has 3 unspecified atom stereocenters.